The number of nitrogens with zero attached hydrogens (tertiary/aromatic N) is 1. The molecule has 3 nitrogen and oxygen atoms in total. The van der Waals surface area contributed by atoms with Gasteiger partial charge in [-0.15, -0.1) is 0 Å². The molecule has 0 saturated heterocycles. The number of aromatic hydroxyl groups is 1. The summed E-state index contributed by atoms with van der Waals surface area (Å²) in [5.74, 6) is 0.993. The molecule has 3 aromatic rings. The first kappa shape index (κ1) is 23.3. The Morgan fingerprint density at radius 1 is 0.906 bits per heavy atom. The van der Waals surface area contributed by atoms with Crippen LogP contribution in [0.4, 0.5) is 5.69 Å². The third-order valence-electron chi connectivity index (χ3n) is 5.71. The van der Waals surface area contributed by atoms with E-state index >= 15 is 0 Å². The molecule has 0 radical (unpaired) electrons. The fourth-order valence-corrected chi connectivity index (χ4v) is 3.63. The maximum Gasteiger partial charge on any atom is 0.128 e. The van der Waals surface area contributed by atoms with Crippen LogP contribution in [0.3, 0.4) is 0 Å². The molecule has 0 spiro atoms. The predicted octanol–water partition coefficient (Wildman–Crippen LogP) is 7.33. The molecular formula is C29H33NO2. The molecule has 0 amide bonds. The van der Waals surface area contributed by atoms with E-state index < -0.39 is 0 Å². The third kappa shape index (κ3) is 5.28. The Morgan fingerprint density at radius 2 is 1.62 bits per heavy atom. The Balaban J connectivity index is 2.07. The van der Waals surface area contributed by atoms with Crippen LogP contribution < -0.4 is 4.74 Å². The van der Waals surface area contributed by atoms with E-state index in [-0.39, 0.29) is 16.6 Å². The Kier molecular flexibility index (Phi) is 6.88. The molecule has 0 aliphatic carbocycles. The molecular weight excluding hydrogens is 394 g/mol. The summed E-state index contributed by atoms with van der Waals surface area (Å²) < 4.78 is 5.61. The van der Waals surface area contributed by atoms with Gasteiger partial charge < -0.3 is 9.84 Å². The molecule has 3 aromatic carbocycles. The Bertz CT molecular complexity index is 1110. The van der Waals surface area contributed by atoms with Crippen molar-refractivity contribution in [3.8, 4) is 11.5 Å². The Hall–Kier alpha value is -3.33. The Labute approximate surface area is 192 Å². The molecule has 0 aromatic heterocycles. The molecule has 0 unspecified atom stereocenters. The van der Waals surface area contributed by atoms with Crippen molar-refractivity contribution in [3.63, 3.8) is 0 Å². The van der Waals surface area contributed by atoms with Crippen LogP contribution in [0.25, 0.3) is 0 Å². The largest absolute Gasteiger partial charge is 0.507 e. The molecule has 1 N–H and O–H groups in total. The second-order valence-corrected chi connectivity index (χ2v) is 9.56. The lowest BCUT2D eigenvalue weighted by molar-refractivity contribution is 0.363. The van der Waals surface area contributed by atoms with Gasteiger partial charge in [0.1, 0.15) is 18.1 Å². The van der Waals surface area contributed by atoms with Crippen LogP contribution in [0.1, 0.15) is 56.9 Å². The van der Waals surface area contributed by atoms with Gasteiger partial charge in [-0.1, -0.05) is 89.7 Å². The van der Waals surface area contributed by atoms with E-state index in [2.05, 4.69) is 64.4 Å². The molecule has 166 valence electrons. The highest BCUT2D eigenvalue weighted by atomic mass is 16.5. The number of phenolic OH excluding ortho intramolecular Hbond substituents is 1. The number of hydrogen-bond acceptors (Lipinski definition) is 3. The minimum Gasteiger partial charge on any atom is -0.507 e. The normalized spacial score (nSPS) is 12.2. The van der Waals surface area contributed by atoms with Crippen LogP contribution in [0.15, 0.2) is 84.4 Å². The monoisotopic (exact) mass is 427 g/mol. The summed E-state index contributed by atoms with van der Waals surface area (Å²) in [5, 5.41) is 11.3. The van der Waals surface area contributed by atoms with Gasteiger partial charge in [0, 0.05) is 28.8 Å². The first-order valence-corrected chi connectivity index (χ1v) is 10.9. The van der Waals surface area contributed by atoms with Crippen molar-refractivity contribution in [1.82, 2.24) is 0 Å². The van der Waals surface area contributed by atoms with E-state index in [1.807, 2.05) is 48.5 Å². The maximum absolute atomic E-state index is 11.3. The minimum atomic E-state index is -0.367. The van der Waals surface area contributed by atoms with E-state index in [1.54, 1.807) is 12.3 Å². The van der Waals surface area contributed by atoms with Gasteiger partial charge in [-0.25, -0.2) is 0 Å². The van der Waals surface area contributed by atoms with Crippen molar-refractivity contribution in [2.24, 2.45) is 4.99 Å². The summed E-state index contributed by atoms with van der Waals surface area (Å²) in [5.41, 5.74) is 4.21. The van der Waals surface area contributed by atoms with Crippen LogP contribution in [0.5, 0.6) is 11.5 Å². The van der Waals surface area contributed by atoms with Crippen molar-refractivity contribution in [2.45, 2.75) is 45.4 Å². The minimum absolute atomic E-state index is 0.0732. The zero-order chi connectivity index (χ0) is 23.4. The number of hydrogen-bond donors (Lipinski definition) is 1. The number of phenols is 1. The highest BCUT2D eigenvalue weighted by molar-refractivity contribution is 5.87. The molecule has 0 bridgehead atoms. The molecule has 0 saturated carbocycles. The molecule has 0 atom stereocenters. The molecule has 32 heavy (non-hydrogen) atoms. The van der Waals surface area contributed by atoms with Gasteiger partial charge in [0.05, 0.1) is 5.69 Å². The van der Waals surface area contributed by atoms with Crippen molar-refractivity contribution < 1.29 is 9.84 Å². The number of rotatable bonds is 7. The summed E-state index contributed by atoms with van der Waals surface area (Å²) in [6.45, 7) is 15.0. The van der Waals surface area contributed by atoms with Crippen molar-refractivity contribution in [1.29, 1.82) is 0 Å². The third-order valence-corrected chi connectivity index (χ3v) is 5.71. The lowest BCUT2D eigenvalue weighted by Gasteiger charge is -2.30. The van der Waals surface area contributed by atoms with E-state index in [0.717, 1.165) is 28.1 Å². The average molecular weight is 428 g/mol. The van der Waals surface area contributed by atoms with Crippen molar-refractivity contribution in [2.75, 3.05) is 6.61 Å². The highest BCUT2D eigenvalue weighted by Crippen LogP contribution is 2.41. The first-order chi connectivity index (χ1) is 15.1. The molecule has 0 aliphatic heterocycles. The predicted molar refractivity (Wildman–Crippen MR) is 135 cm³/mol. The van der Waals surface area contributed by atoms with Gasteiger partial charge in [-0.3, -0.25) is 4.99 Å². The molecule has 3 rings (SSSR count). The summed E-state index contributed by atoms with van der Waals surface area (Å²) >= 11 is 0. The molecule has 0 fully saturated rings. The Morgan fingerprint density at radius 3 is 2.28 bits per heavy atom. The second-order valence-electron chi connectivity index (χ2n) is 9.56. The standard InChI is InChI=1S/C29H33NO2/c1-7-16-32-25-15-11-14-24(19-25)30-20-21-17-23(28(2,3)4)18-26(27(21)31)29(5,6)22-12-9-8-10-13-22/h7-15,17-20,31H,1,16H2,2-6H3. The van der Waals surface area contributed by atoms with Gasteiger partial charge in [0.25, 0.3) is 0 Å². The van der Waals surface area contributed by atoms with Crippen molar-refractivity contribution >= 4 is 11.9 Å². The summed E-state index contributed by atoms with van der Waals surface area (Å²) in [6.07, 6.45) is 3.45. The topological polar surface area (TPSA) is 41.8 Å². The first-order valence-electron chi connectivity index (χ1n) is 10.9. The van der Waals surface area contributed by atoms with Gasteiger partial charge >= 0.3 is 0 Å². The summed E-state index contributed by atoms with van der Waals surface area (Å²) in [6, 6.07) is 22.0. The average Bonchev–Trinajstić information content (AvgIpc) is 2.77. The lowest BCUT2D eigenvalue weighted by atomic mass is 9.74. The number of aliphatic imine (C=N–C) groups is 1. The summed E-state index contributed by atoms with van der Waals surface area (Å²) in [7, 11) is 0. The second kappa shape index (κ2) is 9.44. The van der Waals surface area contributed by atoms with Crippen LogP contribution in [-0.2, 0) is 10.8 Å². The molecule has 0 aliphatic rings. The summed E-state index contributed by atoms with van der Waals surface area (Å²) in [4.78, 5) is 4.63. The zero-order valence-corrected chi connectivity index (χ0v) is 19.7. The van der Waals surface area contributed by atoms with E-state index in [9.17, 15) is 5.11 Å². The fraction of sp³-hybridized carbons (Fsp3) is 0.276. The van der Waals surface area contributed by atoms with Crippen LogP contribution >= 0.6 is 0 Å². The lowest BCUT2D eigenvalue weighted by Crippen LogP contribution is -2.21. The van der Waals surface area contributed by atoms with E-state index in [4.69, 9.17) is 4.74 Å². The number of ether oxygens (including phenoxy) is 1. The van der Waals surface area contributed by atoms with Gasteiger partial charge in [0.2, 0.25) is 0 Å². The SMILES string of the molecule is C=CCOc1cccc(N=Cc2cc(C(C)(C)C)cc(C(C)(C)c3ccccc3)c2O)c1. The van der Waals surface area contributed by atoms with Gasteiger partial charge in [-0.05, 0) is 34.7 Å². The van der Waals surface area contributed by atoms with E-state index in [0.29, 0.717) is 12.2 Å². The fourth-order valence-electron chi connectivity index (χ4n) is 3.63. The smallest absolute Gasteiger partial charge is 0.128 e. The number of benzene rings is 3. The van der Waals surface area contributed by atoms with Crippen LogP contribution in [0, 0.1) is 0 Å². The van der Waals surface area contributed by atoms with Crippen molar-refractivity contribution in [3.05, 3.63) is 102 Å². The van der Waals surface area contributed by atoms with Crippen LogP contribution in [-0.4, -0.2) is 17.9 Å². The maximum atomic E-state index is 11.3. The van der Waals surface area contributed by atoms with Gasteiger partial charge in [0.15, 0.2) is 0 Å². The zero-order valence-electron chi connectivity index (χ0n) is 19.7. The van der Waals surface area contributed by atoms with E-state index in [1.165, 1.54) is 0 Å². The highest BCUT2D eigenvalue weighted by Gasteiger charge is 2.29. The molecule has 0 heterocycles. The van der Waals surface area contributed by atoms with Crippen LogP contribution in [0.2, 0.25) is 0 Å². The van der Waals surface area contributed by atoms with Gasteiger partial charge in [-0.2, -0.15) is 0 Å². The molecule has 3 heteroatoms. The quantitative estimate of drug-likeness (QED) is 0.317.